The number of carboxylic acids is 1. The molecule has 0 amide bonds. The number of carbonyl (C=O) groups is 2. The van der Waals surface area contributed by atoms with Crippen LogP contribution < -0.4 is 0 Å². The number of aliphatic carboxylic acids is 1. The quantitative estimate of drug-likeness (QED) is 0.700. The Bertz CT molecular complexity index is 615. The molecular formula is C23H36O4. The Morgan fingerprint density at radius 2 is 1.67 bits per heavy atom. The summed E-state index contributed by atoms with van der Waals surface area (Å²) in [5, 5.41) is 9.20. The molecule has 4 saturated carbocycles. The van der Waals surface area contributed by atoms with Crippen molar-refractivity contribution in [2.24, 2.45) is 40.4 Å². The maximum atomic E-state index is 11.6. The molecule has 4 rings (SSSR count). The van der Waals surface area contributed by atoms with Gasteiger partial charge in [0.05, 0.1) is 0 Å². The van der Waals surface area contributed by atoms with Crippen LogP contribution >= 0.6 is 0 Å². The number of hydrogen-bond donors (Lipinski definition) is 1. The first-order chi connectivity index (χ1) is 12.7. The van der Waals surface area contributed by atoms with Crippen molar-refractivity contribution in [3.05, 3.63) is 0 Å². The first-order valence-electron chi connectivity index (χ1n) is 11.1. The molecule has 4 aliphatic rings. The number of fused-ring (bicyclic) bond motifs is 5. The molecule has 0 saturated heterocycles. The molecule has 0 aliphatic heterocycles. The minimum absolute atomic E-state index is 0.109. The fourth-order valence-corrected chi connectivity index (χ4v) is 8.13. The summed E-state index contributed by atoms with van der Waals surface area (Å²) in [5.74, 6) is 2.55. The van der Waals surface area contributed by atoms with E-state index < -0.39 is 5.97 Å². The Morgan fingerprint density at radius 3 is 2.37 bits per heavy atom. The highest BCUT2D eigenvalue weighted by Gasteiger charge is 2.61. The van der Waals surface area contributed by atoms with Crippen LogP contribution in [0.3, 0.4) is 0 Å². The second-order valence-corrected chi connectivity index (χ2v) is 10.6. The highest BCUT2D eigenvalue weighted by molar-refractivity contribution is 5.67. The Morgan fingerprint density at radius 1 is 0.963 bits per heavy atom. The number of carbonyl (C=O) groups excluding carboxylic acids is 1. The van der Waals surface area contributed by atoms with E-state index in [9.17, 15) is 14.7 Å². The molecule has 8 atom stereocenters. The van der Waals surface area contributed by atoms with E-state index in [-0.39, 0.29) is 17.5 Å². The van der Waals surface area contributed by atoms with Gasteiger partial charge in [0, 0.05) is 18.8 Å². The van der Waals surface area contributed by atoms with E-state index in [0.29, 0.717) is 29.6 Å². The molecule has 0 bridgehead atoms. The SMILES string of the molecule is CC(=O)O[C@H]1CC[C@H]2[C@@H]3CC[C@H]4C[C@@H](CC(=O)O)CC[C@]4(C)[C@H]3CC[C@]12C. The Hall–Kier alpha value is -1.06. The molecule has 0 spiro atoms. The zero-order valence-electron chi connectivity index (χ0n) is 17.2. The lowest BCUT2D eigenvalue weighted by Crippen LogP contribution is -2.54. The molecule has 4 aliphatic carbocycles. The largest absolute Gasteiger partial charge is 0.481 e. The monoisotopic (exact) mass is 376 g/mol. The van der Waals surface area contributed by atoms with Crippen LogP contribution in [-0.4, -0.2) is 23.1 Å². The van der Waals surface area contributed by atoms with E-state index in [1.165, 1.54) is 38.5 Å². The number of carboxylic acid groups (broad SMARTS) is 1. The van der Waals surface area contributed by atoms with Gasteiger partial charge in [-0.3, -0.25) is 9.59 Å². The van der Waals surface area contributed by atoms with Gasteiger partial charge >= 0.3 is 11.9 Å². The normalized spacial score (nSPS) is 48.9. The third kappa shape index (κ3) is 3.11. The van der Waals surface area contributed by atoms with E-state index in [4.69, 9.17) is 4.74 Å². The lowest BCUT2D eigenvalue weighted by Gasteiger charge is -2.61. The average Bonchev–Trinajstić information content (AvgIpc) is 2.91. The summed E-state index contributed by atoms with van der Waals surface area (Å²) in [4.78, 5) is 22.7. The van der Waals surface area contributed by atoms with E-state index in [0.717, 1.165) is 31.1 Å². The van der Waals surface area contributed by atoms with Crippen molar-refractivity contribution in [1.29, 1.82) is 0 Å². The summed E-state index contributed by atoms with van der Waals surface area (Å²) in [5.41, 5.74) is 0.551. The summed E-state index contributed by atoms with van der Waals surface area (Å²) in [6.07, 6.45) is 11.1. The van der Waals surface area contributed by atoms with Crippen LogP contribution in [0.1, 0.15) is 85.0 Å². The van der Waals surface area contributed by atoms with Crippen molar-refractivity contribution in [2.75, 3.05) is 0 Å². The van der Waals surface area contributed by atoms with Gasteiger partial charge in [0.15, 0.2) is 0 Å². The van der Waals surface area contributed by atoms with Crippen LogP contribution in [-0.2, 0) is 14.3 Å². The third-order valence-corrected chi connectivity index (χ3v) is 9.46. The van der Waals surface area contributed by atoms with Gasteiger partial charge < -0.3 is 9.84 Å². The highest BCUT2D eigenvalue weighted by Crippen LogP contribution is 2.67. The maximum Gasteiger partial charge on any atom is 0.303 e. The van der Waals surface area contributed by atoms with Crippen LogP contribution in [0.25, 0.3) is 0 Å². The minimum Gasteiger partial charge on any atom is -0.481 e. The predicted molar refractivity (Wildman–Crippen MR) is 103 cm³/mol. The van der Waals surface area contributed by atoms with Crippen molar-refractivity contribution in [1.82, 2.24) is 0 Å². The van der Waals surface area contributed by atoms with Crippen LogP contribution in [0.5, 0.6) is 0 Å². The summed E-state index contributed by atoms with van der Waals surface area (Å²) in [7, 11) is 0. The van der Waals surface area contributed by atoms with Crippen molar-refractivity contribution < 1.29 is 19.4 Å². The minimum atomic E-state index is -0.631. The standard InChI is InChI=1S/C23H36O4/c1-14(24)27-20-7-6-18-17-5-4-16-12-15(13-21(25)26)8-10-22(16,2)19(17)9-11-23(18,20)3/h15-20H,4-13H2,1-3H3,(H,25,26)/t15-,16-,17-,18-,19-,20-,22-,23-/m0/s1. The van der Waals surface area contributed by atoms with Crippen LogP contribution in [0.2, 0.25) is 0 Å². The first-order valence-corrected chi connectivity index (χ1v) is 11.1. The topological polar surface area (TPSA) is 63.6 Å². The van der Waals surface area contributed by atoms with Crippen molar-refractivity contribution >= 4 is 11.9 Å². The zero-order valence-corrected chi connectivity index (χ0v) is 17.2. The molecule has 0 unspecified atom stereocenters. The van der Waals surface area contributed by atoms with Gasteiger partial charge in [0.2, 0.25) is 0 Å². The van der Waals surface area contributed by atoms with Gasteiger partial charge in [0.25, 0.3) is 0 Å². The van der Waals surface area contributed by atoms with Crippen LogP contribution in [0.15, 0.2) is 0 Å². The average molecular weight is 377 g/mol. The molecule has 152 valence electrons. The fraction of sp³-hybridized carbons (Fsp3) is 0.913. The molecule has 0 heterocycles. The number of hydrogen-bond acceptors (Lipinski definition) is 3. The summed E-state index contributed by atoms with van der Waals surface area (Å²) in [6, 6.07) is 0. The molecule has 0 aromatic heterocycles. The van der Waals surface area contributed by atoms with E-state index >= 15 is 0 Å². The maximum absolute atomic E-state index is 11.6. The Kier molecular flexibility index (Phi) is 4.83. The summed E-state index contributed by atoms with van der Waals surface area (Å²) >= 11 is 0. The number of rotatable bonds is 3. The van der Waals surface area contributed by atoms with Crippen LogP contribution in [0, 0.1) is 40.4 Å². The molecule has 27 heavy (non-hydrogen) atoms. The number of ether oxygens (including phenoxy) is 1. The van der Waals surface area contributed by atoms with Gasteiger partial charge in [-0.25, -0.2) is 0 Å². The lowest BCUT2D eigenvalue weighted by molar-refractivity contribution is -0.162. The van der Waals surface area contributed by atoms with E-state index in [1.807, 2.05) is 0 Å². The van der Waals surface area contributed by atoms with E-state index in [1.54, 1.807) is 6.92 Å². The van der Waals surface area contributed by atoms with Crippen molar-refractivity contribution in [3.63, 3.8) is 0 Å². The molecule has 1 N–H and O–H groups in total. The van der Waals surface area contributed by atoms with Gasteiger partial charge in [-0.1, -0.05) is 13.8 Å². The molecule has 4 fully saturated rings. The molecule has 4 heteroatoms. The second-order valence-electron chi connectivity index (χ2n) is 10.6. The number of esters is 1. The van der Waals surface area contributed by atoms with Crippen LogP contribution in [0.4, 0.5) is 0 Å². The molecule has 0 radical (unpaired) electrons. The van der Waals surface area contributed by atoms with E-state index in [2.05, 4.69) is 13.8 Å². The molecular weight excluding hydrogens is 340 g/mol. The molecule has 4 nitrogen and oxygen atoms in total. The zero-order chi connectivity index (χ0) is 19.4. The van der Waals surface area contributed by atoms with Crippen molar-refractivity contribution in [3.8, 4) is 0 Å². The first kappa shape index (κ1) is 19.3. The van der Waals surface area contributed by atoms with Crippen molar-refractivity contribution in [2.45, 2.75) is 91.1 Å². The molecule has 0 aromatic rings. The Balaban J connectivity index is 1.51. The third-order valence-electron chi connectivity index (χ3n) is 9.46. The predicted octanol–water partition coefficient (Wildman–Crippen LogP) is 5.05. The van der Waals surface area contributed by atoms with Gasteiger partial charge in [-0.2, -0.15) is 0 Å². The van der Waals surface area contributed by atoms with Gasteiger partial charge in [-0.05, 0) is 92.8 Å². The highest BCUT2D eigenvalue weighted by atomic mass is 16.5. The van der Waals surface area contributed by atoms with Gasteiger partial charge in [-0.15, -0.1) is 0 Å². The Labute approximate surface area is 163 Å². The second kappa shape index (κ2) is 6.77. The van der Waals surface area contributed by atoms with Gasteiger partial charge in [0.1, 0.15) is 6.10 Å². The summed E-state index contributed by atoms with van der Waals surface area (Å²) < 4.78 is 5.75. The summed E-state index contributed by atoms with van der Waals surface area (Å²) in [6.45, 7) is 6.45. The fourth-order valence-electron chi connectivity index (χ4n) is 8.13. The lowest BCUT2D eigenvalue weighted by atomic mass is 9.44. The molecule has 0 aromatic carbocycles. The smallest absolute Gasteiger partial charge is 0.303 e.